The lowest BCUT2D eigenvalue weighted by atomic mass is 9.72. The molecule has 0 aliphatic heterocycles. The van der Waals surface area contributed by atoms with E-state index in [0.29, 0.717) is 39.5 Å². The summed E-state index contributed by atoms with van der Waals surface area (Å²) in [6, 6.07) is 6.70. The normalized spacial score (nSPS) is 19.2. The Labute approximate surface area is 177 Å². The van der Waals surface area contributed by atoms with Crippen LogP contribution in [0.5, 0.6) is 0 Å². The minimum atomic E-state index is -0.338. The summed E-state index contributed by atoms with van der Waals surface area (Å²) in [6.45, 7) is 1.96. The van der Waals surface area contributed by atoms with Gasteiger partial charge in [0.05, 0.1) is 23.3 Å². The van der Waals surface area contributed by atoms with E-state index in [0.717, 1.165) is 18.2 Å². The van der Waals surface area contributed by atoms with Gasteiger partial charge in [-0.05, 0) is 43.9 Å². The molecule has 31 heavy (non-hydrogen) atoms. The van der Waals surface area contributed by atoms with Gasteiger partial charge in [-0.3, -0.25) is 9.48 Å². The van der Waals surface area contributed by atoms with Crippen molar-refractivity contribution in [2.75, 3.05) is 0 Å². The number of amides is 1. The van der Waals surface area contributed by atoms with Crippen molar-refractivity contribution in [3.63, 3.8) is 0 Å². The Morgan fingerprint density at radius 1 is 1.42 bits per heavy atom. The summed E-state index contributed by atoms with van der Waals surface area (Å²) >= 11 is 0. The molecule has 4 aromatic rings. The number of carbonyl (C=O) groups is 1. The molecule has 3 heterocycles. The van der Waals surface area contributed by atoms with Gasteiger partial charge >= 0.3 is 0 Å². The number of benzene rings is 1. The van der Waals surface area contributed by atoms with E-state index in [2.05, 4.69) is 31.4 Å². The molecule has 1 unspecified atom stereocenters. The van der Waals surface area contributed by atoms with Gasteiger partial charge in [0.15, 0.2) is 5.65 Å². The molecular formula is C22H20FN7O. The zero-order valence-corrected chi connectivity index (χ0v) is 17.1. The number of H-pyrrole nitrogens is 1. The highest BCUT2D eigenvalue weighted by Gasteiger charge is 2.34. The molecule has 9 heteroatoms. The van der Waals surface area contributed by atoms with Crippen molar-refractivity contribution in [1.82, 2.24) is 30.0 Å². The van der Waals surface area contributed by atoms with Crippen molar-refractivity contribution in [3.8, 4) is 17.5 Å². The number of halogens is 1. The Morgan fingerprint density at radius 2 is 2.23 bits per heavy atom. The van der Waals surface area contributed by atoms with E-state index in [4.69, 9.17) is 5.26 Å². The van der Waals surface area contributed by atoms with Gasteiger partial charge in [0.25, 0.3) is 5.91 Å². The Kier molecular flexibility index (Phi) is 4.43. The van der Waals surface area contributed by atoms with Gasteiger partial charge < -0.3 is 10.3 Å². The van der Waals surface area contributed by atoms with Gasteiger partial charge in [-0.2, -0.15) is 10.4 Å². The molecule has 1 atom stereocenters. The summed E-state index contributed by atoms with van der Waals surface area (Å²) in [5.74, 6) is -0.179. The van der Waals surface area contributed by atoms with E-state index in [-0.39, 0.29) is 23.7 Å². The van der Waals surface area contributed by atoms with Crippen LogP contribution in [0.4, 0.5) is 4.39 Å². The number of hydrogen-bond acceptors (Lipinski definition) is 5. The molecule has 1 fully saturated rings. The second-order valence-electron chi connectivity index (χ2n) is 8.11. The number of nitrogens with one attached hydrogen (secondary N) is 2. The van der Waals surface area contributed by atoms with E-state index >= 15 is 0 Å². The van der Waals surface area contributed by atoms with Crippen molar-refractivity contribution >= 4 is 28.0 Å². The number of aromatic nitrogens is 5. The number of nitriles is 1. The molecule has 1 aromatic carbocycles. The number of nitrogens with zero attached hydrogens (tertiary/aromatic N) is 5. The number of hydrogen-bond donors (Lipinski definition) is 2. The van der Waals surface area contributed by atoms with E-state index in [1.807, 2.05) is 6.92 Å². The fourth-order valence-electron chi connectivity index (χ4n) is 4.18. The third-order valence-corrected chi connectivity index (χ3v) is 6.10. The molecular weight excluding hydrogens is 397 g/mol. The van der Waals surface area contributed by atoms with Crippen LogP contribution in [0, 0.1) is 29.0 Å². The Hall–Kier alpha value is -3.80. The zero-order chi connectivity index (χ0) is 21.7. The summed E-state index contributed by atoms with van der Waals surface area (Å²) in [5, 5.41) is 17.2. The number of rotatable bonds is 4. The van der Waals surface area contributed by atoms with Crippen molar-refractivity contribution in [1.29, 1.82) is 5.26 Å². The van der Waals surface area contributed by atoms with Gasteiger partial charge in [0, 0.05) is 30.6 Å². The molecule has 1 aliphatic carbocycles. The maximum Gasteiger partial charge on any atom is 0.255 e. The standard InChI is InChI=1S/C22H20FN7O/c1-11(13-5-12(6-13)8-24)27-22(31)16-9-25-21-20(16)28-17(10-26-21)19-15-4-3-14(23)7-18(15)30(2)29-19/h3-4,7,9-13H,5-6H2,1-2H3,(H,25,26)(H,27,31)/t11?,12-,13+. The van der Waals surface area contributed by atoms with E-state index in [1.54, 1.807) is 30.2 Å². The van der Waals surface area contributed by atoms with Crippen molar-refractivity contribution in [2.24, 2.45) is 18.9 Å². The molecule has 3 aromatic heterocycles. The minimum absolute atomic E-state index is 0.0344. The van der Waals surface area contributed by atoms with Crippen molar-refractivity contribution in [3.05, 3.63) is 42.0 Å². The van der Waals surface area contributed by atoms with Gasteiger partial charge in [-0.15, -0.1) is 0 Å². The molecule has 1 amide bonds. The van der Waals surface area contributed by atoms with Crippen LogP contribution in [-0.4, -0.2) is 36.7 Å². The Morgan fingerprint density at radius 3 is 3.00 bits per heavy atom. The fraction of sp³-hybridized carbons (Fsp3) is 0.318. The maximum absolute atomic E-state index is 13.6. The molecule has 8 nitrogen and oxygen atoms in total. The predicted octanol–water partition coefficient (Wildman–Crippen LogP) is 3.32. The summed E-state index contributed by atoms with van der Waals surface area (Å²) in [7, 11) is 1.74. The number of aryl methyl sites for hydroxylation is 1. The highest BCUT2D eigenvalue weighted by atomic mass is 19.1. The van der Waals surface area contributed by atoms with Crippen LogP contribution >= 0.6 is 0 Å². The highest BCUT2D eigenvalue weighted by molar-refractivity contribution is 6.05. The van der Waals surface area contributed by atoms with Crippen LogP contribution in [0.1, 0.15) is 30.1 Å². The SMILES string of the molecule is CC(NC(=O)c1c[nH]c2ncc(-c3nn(C)c4cc(F)ccc34)nc12)[C@H]1C[C@@H](C#N)C1. The molecule has 1 saturated carbocycles. The van der Waals surface area contributed by atoms with Crippen LogP contribution < -0.4 is 5.32 Å². The zero-order valence-electron chi connectivity index (χ0n) is 17.1. The Bertz CT molecular complexity index is 1360. The molecule has 0 radical (unpaired) electrons. The third kappa shape index (κ3) is 3.20. The third-order valence-electron chi connectivity index (χ3n) is 6.10. The molecule has 0 spiro atoms. The van der Waals surface area contributed by atoms with E-state index < -0.39 is 0 Å². The second kappa shape index (κ2) is 7.16. The monoisotopic (exact) mass is 417 g/mol. The lowest BCUT2D eigenvalue weighted by Gasteiger charge is -2.35. The summed E-state index contributed by atoms with van der Waals surface area (Å²) in [6.07, 6.45) is 4.80. The van der Waals surface area contributed by atoms with Crippen LogP contribution in [0.2, 0.25) is 0 Å². The second-order valence-corrected chi connectivity index (χ2v) is 8.11. The lowest BCUT2D eigenvalue weighted by Crippen LogP contribution is -2.43. The molecule has 2 N–H and O–H groups in total. The van der Waals surface area contributed by atoms with Gasteiger partial charge in [0.2, 0.25) is 0 Å². The molecule has 5 rings (SSSR count). The maximum atomic E-state index is 13.6. The average molecular weight is 417 g/mol. The highest BCUT2D eigenvalue weighted by Crippen LogP contribution is 2.35. The van der Waals surface area contributed by atoms with Gasteiger partial charge in [-0.25, -0.2) is 14.4 Å². The quantitative estimate of drug-likeness (QED) is 0.529. The number of aromatic amines is 1. The molecule has 0 bridgehead atoms. The van der Waals surface area contributed by atoms with Crippen molar-refractivity contribution in [2.45, 2.75) is 25.8 Å². The Balaban J connectivity index is 1.47. The summed E-state index contributed by atoms with van der Waals surface area (Å²) in [5.41, 5.74) is 3.08. The average Bonchev–Trinajstić information content (AvgIpc) is 3.28. The van der Waals surface area contributed by atoms with Crippen LogP contribution in [0.25, 0.3) is 33.5 Å². The summed E-state index contributed by atoms with van der Waals surface area (Å²) in [4.78, 5) is 24.9. The van der Waals surface area contributed by atoms with E-state index in [1.165, 1.54) is 12.1 Å². The first-order valence-electron chi connectivity index (χ1n) is 10.1. The van der Waals surface area contributed by atoms with Crippen LogP contribution in [0.3, 0.4) is 0 Å². The molecule has 0 saturated heterocycles. The summed E-state index contributed by atoms with van der Waals surface area (Å²) < 4.78 is 15.2. The largest absolute Gasteiger partial charge is 0.349 e. The van der Waals surface area contributed by atoms with Crippen molar-refractivity contribution < 1.29 is 9.18 Å². The molecule has 156 valence electrons. The first-order chi connectivity index (χ1) is 14.9. The number of fused-ring (bicyclic) bond motifs is 2. The minimum Gasteiger partial charge on any atom is -0.349 e. The smallest absolute Gasteiger partial charge is 0.255 e. The van der Waals surface area contributed by atoms with Crippen LogP contribution in [0.15, 0.2) is 30.6 Å². The van der Waals surface area contributed by atoms with Gasteiger partial charge in [0.1, 0.15) is 22.7 Å². The first-order valence-corrected chi connectivity index (χ1v) is 10.1. The topological polar surface area (TPSA) is 112 Å². The van der Waals surface area contributed by atoms with Gasteiger partial charge in [-0.1, -0.05) is 0 Å². The van der Waals surface area contributed by atoms with Crippen LogP contribution in [-0.2, 0) is 7.05 Å². The fourth-order valence-corrected chi connectivity index (χ4v) is 4.18. The number of carbonyl (C=O) groups excluding carboxylic acids is 1. The molecule has 1 aliphatic rings. The lowest BCUT2D eigenvalue weighted by molar-refractivity contribution is 0.0896. The van der Waals surface area contributed by atoms with E-state index in [9.17, 15) is 9.18 Å². The first kappa shape index (κ1) is 19.2. The predicted molar refractivity (Wildman–Crippen MR) is 112 cm³/mol.